The molecule has 4 aromatic rings. The number of aromatic amines is 1. The van der Waals surface area contributed by atoms with Gasteiger partial charge in [0.05, 0.1) is 18.7 Å². The molecule has 5 rings (SSSR count). The number of aliphatic hydroxyl groups excluding tert-OH is 3. The molecule has 5 atom stereocenters. The van der Waals surface area contributed by atoms with E-state index in [9.17, 15) is 15.3 Å². The molecule has 0 aliphatic carbocycles. The Balaban J connectivity index is 1.74. The van der Waals surface area contributed by atoms with Gasteiger partial charge in [-0.3, -0.25) is 0 Å². The first-order valence-electron chi connectivity index (χ1n) is 10.4. The normalized spacial score (nSPS) is 26.7. The average Bonchev–Trinajstić information content (AvgIpc) is 3.17. The summed E-state index contributed by atoms with van der Waals surface area (Å²) in [5.74, 6) is 0.800. The van der Waals surface area contributed by atoms with E-state index in [0.29, 0.717) is 0 Å². The highest BCUT2D eigenvalue weighted by Gasteiger charge is 2.46. The molecule has 1 aliphatic heterocycles. The van der Waals surface area contributed by atoms with Crippen LogP contribution in [0.1, 0.15) is 24.3 Å². The zero-order chi connectivity index (χ0) is 22.0. The summed E-state index contributed by atoms with van der Waals surface area (Å²) in [6, 6.07) is 8.01. The molecular formula is C24H27N2O5+. The minimum absolute atomic E-state index is 0.599. The standard InChI is InChI=1S/C24H26N2O5/c1-11-17-10-26(24-23(29)22(28)21(27)13(3)31-24)8-7-15(17)12(2)20-19(11)16-9-14(30-4)5-6-18(16)25-20/h5-10,13,21-24,27-29H,1-4H3/p+1/t13-,21+,22+,23-,24-/m1/s1. The fourth-order valence-corrected chi connectivity index (χ4v) is 4.81. The summed E-state index contributed by atoms with van der Waals surface area (Å²) < 4.78 is 13.0. The van der Waals surface area contributed by atoms with Crippen LogP contribution in [-0.4, -0.2) is 51.8 Å². The van der Waals surface area contributed by atoms with Gasteiger partial charge in [-0.2, -0.15) is 4.57 Å². The zero-order valence-corrected chi connectivity index (χ0v) is 18.0. The molecular weight excluding hydrogens is 396 g/mol. The summed E-state index contributed by atoms with van der Waals surface area (Å²) >= 11 is 0. The van der Waals surface area contributed by atoms with Crippen molar-refractivity contribution in [1.82, 2.24) is 4.98 Å². The molecule has 0 radical (unpaired) electrons. The van der Waals surface area contributed by atoms with Crippen LogP contribution < -0.4 is 9.30 Å². The third-order valence-corrected chi connectivity index (χ3v) is 6.67. The fraction of sp³-hybridized carbons (Fsp3) is 0.375. The lowest BCUT2D eigenvalue weighted by Crippen LogP contribution is -2.61. The topological polar surface area (TPSA) is 98.8 Å². The highest BCUT2D eigenvalue weighted by molar-refractivity contribution is 6.16. The summed E-state index contributed by atoms with van der Waals surface area (Å²) in [5.41, 5.74) is 4.37. The predicted octanol–water partition coefficient (Wildman–Crippen LogP) is 2.39. The predicted molar refractivity (Wildman–Crippen MR) is 117 cm³/mol. The molecule has 162 valence electrons. The van der Waals surface area contributed by atoms with E-state index >= 15 is 0 Å². The lowest BCUT2D eigenvalue weighted by Gasteiger charge is -2.36. The van der Waals surface area contributed by atoms with E-state index in [1.165, 1.54) is 0 Å². The largest absolute Gasteiger partial charge is 0.497 e. The van der Waals surface area contributed by atoms with Crippen LogP contribution in [0.15, 0.2) is 36.7 Å². The molecule has 0 amide bonds. The van der Waals surface area contributed by atoms with Gasteiger partial charge in [-0.1, -0.05) is 0 Å². The summed E-state index contributed by atoms with van der Waals surface area (Å²) in [7, 11) is 1.66. The fourth-order valence-electron chi connectivity index (χ4n) is 4.81. The summed E-state index contributed by atoms with van der Waals surface area (Å²) in [5, 5.41) is 35.1. The van der Waals surface area contributed by atoms with Gasteiger partial charge in [-0.15, -0.1) is 0 Å². The van der Waals surface area contributed by atoms with Crippen LogP contribution in [-0.2, 0) is 4.74 Å². The SMILES string of the molecule is COc1ccc2[nH]c3c(C)c4cc[n+]([C@@H]5O[C@H](C)[C@H](O)[C@H](O)[C@H]5O)cc4c(C)c3c2c1. The Labute approximate surface area is 179 Å². The smallest absolute Gasteiger partial charge is 0.291 e. The minimum Gasteiger partial charge on any atom is -0.497 e. The molecule has 7 nitrogen and oxygen atoms in total. The monoisotopic (exact) mass is 423 g/mol. The highest BCUT2D eigenvalue weighted by atomic mass is 16.5. The number of aryl methyl sites for hydroxylation is 2. The molecule has 1 saturated heterocycles. The van der Waals surface area contributed by atoms with Crippen molar-refractivity contribution in [3.05, 3.63) is 47.8 Å². The van der Waals surface area contributed by atoms with E-state index in [0.717, 1.165) is 49.5 Å². The van der Waals surface area contributed by atoms with Crippen molar-refractivity contribution >= 4 is 32.6 Å². The maximum Gasteiger partial charge on any atom is 0.291 e. The number of aromatic nitrogens is 2. The van der Waals surface area contributed by atoms with E-state index in [2.05, 4.69) is 18.8 Å². The number of nitrogens with zero attached hydrogens (tertiary/aromatic N) is 1. The van der Waals surface area contributed by atoms with Gasteiger partial charge in [0, 0.05) is 27.7 Å². The Morgan fingerprint density at radius 1 is 0.968 bits per heavy atom. The van der Waals surface area contributed by atoms with Gasteiger partial charge in [0.2, 0.25) is 0 Å². The maximum absolute atomic E-state index is 10.5. The molecule has 0 unspecified atom stereocenters. The van der Waals surface area contributed by atoms with E-state index in [1.807, 2.05) is 36.7 Å². The number of benzene rings is 2. The first-order valence-corrected chi connectivity index (χ1v) is 10.4. The molecule has 0 spiro atoms. The maximum atomic E-state index is 10.5. The highest BCUT2D eigenvalue weighted by Crippen LogP contribution is 2.37. The number of hydrogen-bond donors (Lipinski definition) is 4. The van der Waals surface area contributed by atoms with Gasteiger partial charge in [0.1, 0.15) is 18.0 Å². The number of nitrogens with one attached hydrogen (secondary N) is 1. The molecule has 2 aromatic carbocycles. The van der Waals surface area contributed by atoms with Gasteiger partial charge in [-0.25, -0.2) is 0 Å². The number of fused-ring (bicyclic) bond motifs is 4. The van der Waals surface area contributed by atoms with E-state index in [4.69, 9.17) is 9.47 Å². The van der Waals surface area contributed by atoms with Crippen LogP contribution >= 0.6 is 0 Å². The van der Waals surface area contributed by atoms with Crippen molar-refractivity contribution in [1.29, 1.82) is 0 Å². The minimum atomic E-state index is -1.27. The Bertz CT molecular complexity index is 1310. The number of hydrogen-bond acceptors (Lipinski definition) is 5. The van der Waals surface area contributed by atoms with Crippen molar-refractivity contribution in [2.45, 2.75) is 51.4 Å². The van der Waals surface area contributed by atoms with Crippen molar-refractivity contribution in [3.8, 4) is 5.75 Å². The Morgan fingerprint density at radius 2 is 1.74 bits per heavy atom. The third-order valence-electron chi connectivity index (χ3n) is 6.67. The molecule has 4 N–H and O–H groups in total. The number of pyridine rings is 1. The Hall–Kier alpha value is -2.71. The molecule has 2 aromatic heterocycles. The molecule has 3 heterocycles. The lowest BCUT2D eigenvalue weighted by atomic mass is 9.96. The van der Waals surface area contributed by atoms with Crippen LogP contribution in [0.5, 0.6) is 5.75 Å². The van der Waals surface area contributed by atoms with Crippen LogP contribution in [0, 0.1) is 13.8 Å². The molecule has 31 heavy (non-hydrogen) atoms. The second kappa shape index (κ2) is 7.17. The summed E-state index contributed by atoms with van der Waals surface area (Å²) in [6.07, 6.45) is -1.25. The van der Waals surface area contributed by atoms with Crippen molar-refractivity contribution in [3.63, 3.8) is 0 Å². The van der Waals surface area contributed by atoms with Gasteiger partial charge >= 0.3 is 0 Å². The second-order valence-corrected chi connectivity index (χ2v) is 8.46. The number of methoxy groups -OCH3 is 1. The van der Waals surface area contributed by atoms with E-state index < -0.39 is 30.6 Å². The lowest BCUT2D eigenvalue weighted by molar-refractivity contribution is -0.776. The van der Waals surface area contributed by atoms with Crippen LogP contribution in [0.25, 0.3) is 32.6 Å². The van der Waals surface area contributed by atoms with Gasteiger partial charge < -0.3 is 29.8 Å². The first kappa shape index (κ1) is 20.2. The molecule has 7 heteroatoms. The third kappa shape index (κ3) is 2.92. The van der Waals surface area contributed by atoms with Crippen LogP contribution in [0.4, 0.5) is 0 Å². The number of H-pyrrole nitrogens is 1. The van der Waals surface area contributed by atoms with Crippen molar-refractivity contribution in [2.24, 2.45) is 0 Å². The van der Waals surface area contributed by atoms with Crippen LogP contribution in [0.2, 0.25) is 0 Å². The molecule has 0 bridgehead atoms. The zero-order valence-electron chi connectivity index (χ0n) is 18.0. The number of ether oxygens (including phenoxy) is 2. The summed E-state index contributed by atoms with van der Waals surface area (Å²) in [6.45, 7) is 5.86. The summed E-state index contributed by atoms with van der Waals surface area (Å²) in [4.78, 5) is 3.54. The second-order valence-electron chi connectivity index (χ2n) is 8.46. The van der Waals surface area contributed by atoms with E-state index in [-0.39, 0.29) is 0 Å². The van der Waals surface area contributed by atoms with Gasteiger partial charge in [0.25, 0.3) is 6.23 Å². The Morgan fingerprint density at radius 3 is 2.48 bits per heavy atom. The molecule has 0 saturated carbocycles. The first-order chi connectivity index (χ1) is 14.8. The van der Waals surface area contributed by atoms with Crippen LogP contribution in [0.3, 0.4) is 0 Å². The molecule has 1 fully saturated rings. The number of rotatable bonds is 2. The van der Waals surface area contributed by atoms with E-state index in [1.54, 1.807) is 18.6 Å². The quantitative estimate of drug-likeness (QED) is 0.371. The average molecular weight is 423 g/mol. The molecule has 1 aliphatic rings. The number of aliphatic hydroxyl groups is 3. The van der Waals surface area contributed by atoms with Crippen molar-refractivity contribution < 1.29 is 29.4 Å². The van der Waals surface area contributed by atoms with Crippen molar-refractivity contribution in [2.75, 3.05) is 7.11 Å². The Kier molecular flexibility index (Phi) is 4.67. The van der Waals surface area contributed by atoms with Gasteiger partial charge in [0.15, 0.2) is 18.5 Å². The van der Waals surface area contributed by atoms with Gasteiger partial charge in [-0.05, 0) is 55.5 Å².